The van der Waals surface area contributed by atoms with Gasteiger partial charge in [-0.2, -0.15) is 0 Å². The third-order valence-corrected chi connectivity index (χ3v) is 11.7. The van der Waals surface area contributed by atoms with Gasteiger partial charge in [-0.3, -0.25) is 23.9 Å². The maximum absolute atomic E-state index is 14.3. The fraction of sp³-hybridized carbons (Fsp3) is 0.484. The molecule has 4 fully saturated rings. The summed E-state index contributed by atoms with van der Waals surface area (Å²) in [5.41, 5.74) is 1.76. The molecule has 13 heteroatoms. The smallest absolute Gasteiger partial charge is 0.340 e. The summed E-state index contributed by atoms with van der Waals surface area (Å²) >= 11 is 1.16. The maximum atomic E-state index is 14.3. The first-order chi connectivity index (χ1) is 21.0. The first-order valence-electron chi connectivity index (χ1n) is 15.0. The number of nitrogens with one attached hydrogen (secondary N) is 1. The molecule has 3 N–H and O–H groups in total. The molecule has 4 aliphatic rings. The van der Waals surface area contributed by atoms with Crippen LogP contribution in [0, 0.1) is 18.8 Å². The normalized spacial score (nSPS) is 27.6. The Morgan fingerprint density at radius 3 is 2.61 bits per heavy atom. The van der Waals surface area contributed by atoms with Gasteiger partial charge in [0.05, 0.1) is 4.88 Å². The monoisotopic (exact) mass is 640 g/mol. The molecule has 1 saturated carbocycles. The van der Waals surface area contributed by atoms with Gasteiger partial charge in [0.15, 0.2) is 0 Å². The van der Waals surface area contributed by atoms with Crippen LogP contribution in [0.2, 0.25) is 0 Å². The number of fused-ring (bicyclic) bond motifs is 3. The van der Waals surface area contributed by atoms with Crippen LogP contribution in [0.1, 0.15) is 70.6 Å². The third-order valence-electron chi connectivity index (χ3n) is 9.68. The highest BCUT2D eigenvalue weighted by atomic mass is 32.1. The molecule has 232 valence electrons. The number of benzene rings is 1. The molecule has 44 heavy (non-hydrogen) atoms. The zero-order chi connectivity index (χ0) is 30.9. The minimum Gasteiger partial charge on any atom is -0.340 e. The van der Waals surface area contributed by atoms with Crippen LogP contribution < -0.4 is 5.32 Å². The number of carbonyl (C=O) groups is 3. The molecule has 3 aliphatic heterocycles. The standard InChI is InChI=1S/C31H34FN4O6PS/c1-16-3-2-4-23(33-16)21-14-35(15-21)31(39)25-7-6-22-11-18-10-19(18)12-24(30(38)36(22)25)34-29(37)27-13-20-9-17(5-8-26(20)44-27)28(32)43(40,41)42/h2-5,8-9,13,18-19,21-22,24-25,28H,6-7,10-12,14-15H2,1H3,(H,34,37)(H2,40,41,42)/t18-,19+,22+,24-,25-,28-/m0/s1. The molecule has 6 atom stereocenters. The van der Waals surface area contributed by atoms with Gasteiger partial charge in [0, 0.05) is 41.1 Å². The van der Waals surface area contributed by atoms with Crippen molar-refractivity contribution in [3.8, 4) is 0 Å². The molecule has 0 bridgehead atoms. The lowest BCUT2D eigenvalue weighted by atomic mass is 9.94. The van der Waals surface area contributed by atoms with Crippen LogP contribution in [0.15, 0.2) is 42.5 Å². The molecular weight excluding hydrogens is 606 g/mol. The zero-order valence-corrected chi connectivity index (χ0v) is 25.8. The second-order valence-corrected chi connectivity index (χ2v) is 15.4. The van der Waals surface area contributed by atoms with E-state index in [1.54, 1.807) is 11.0 Å². The van der Waals surface area contributed by atoms with Crippen LogP contribution in [-0.4, -0.2) is 73.5 Å². The fourth-order valence-corrected chi connectivity index (χ4v) is 8.72. The molecule has 0 radical (unpaired) electrons. The summed E-state index contributed by atoms with van der Waals surface area (Å²) in [6.45, 7) is 3.10. The van der Waals surface area contributed by atoms with E-state index in [4.69, 9.17) is 0 Å². The summed E-state index contributed by atoms with van der Waals surface area (Å²) in [7, 11) is -4.97. The van der Waals surface area contributed by atoms with Gasteiger partial charge in [-0.25, -0.2) is 4.39 Å². The van der Waals surface area contributed by atoms with Crippen molar-refractivity contribution in [2.24, 2.45) is 11.8 Å². The van der Waals surface area contributed by atoms with E-state index in [2.05, 4.69) is 10.3 Å². The van der Waals surface area contributed by atoms with Crippen LogP contribution in [0.5, 0.6) is 0 Å². The Balaban J connectivity index is 1.07. The Bertz CT molecular complexity index is 1710. The number of hydrogen-bond acceptors (Lipinski definition) is 6. The number of thiophene rings is 1. The Morgan fingerprint density at radius 2 is 1.86 bits per heavy atom. The Labute approximate surface area is 257 Å². The molecule has 5 heterocycles. The van der Waals surface area contributed by atoms with E-state index in [0.29, 0.717) is 52.7 Å². The van der Waals surface area contributed by atoms with Crippen molar-refractivity contribution in [3.63, 3.8) is 0 Å². The molecule has 3 aromatic rings. The minimum atomic E-state index is -4.97. The molecule has 7 rings (SSSR count). The lowest BCUT2D eigenvalue weighted by molar-refractivity contribution is -0.149. The lowest BCUT2D eigenvalue weighted by Crippen LogP contribution is -2.59. The molecule has 3 amide bonds. The van der Waals surface area contributed by atoms with Gasteiger partial charge in [-0.15, -0.1) is 11.3 Å². The van der Waals surface area contributed by atoms with Crippen molar-refractivity contribution in [2.45, 2.75) is 69.0 Å². The first kappa shape index (κ1) is 29.5. The highest BCUT2D eigenvalue weighted by molar-refractivity contribution is 7.51. The van der Waals surface area contributed by atoms with E-state index in [0.717, 1.165) is 42.0 Å². The van der Waals surface area contributed by atoms with Crippen LogP contribution >= 0.6 is 18.9 Å². The average molecular weight is 641 g/mol. The molecule has 10 nitrogen and oxygen atoms in total. The maximum Gasteiger partial charge on any atom is 0.363 e. The largest absolute Gasteiger partial charge is 0.363 e. The molecular formula is C31H34FN4O6PS. The number of pyridine rings is 1. The van der Waals surface area contributed by atoms with Crippen molar-refractivity contribution in [1.29, 1.82) is 0 Å². The molecule has 2 aromatic heterocycles. The quantitative estimate of drug-likeness (QED) is 0.342. The zero-order valence-electron chi connectivity index (χ0n) is 24.1. The van der Waals surface area contributed by atoms with Crippen LogP contribution in [0.4, 0.5) is 4.39 Å². The Kier molecular flexibility index (Phi) is 7.39. The minimum absolute atomic E-state index is 0.0212. The number of amides is 3. The summed E-state index contributed by atoms with van der Waals surface area (Å²) in [5, 5.41) is 3.43. The van der Waals surface area contributed by atoms with E-state index in [-0.39, 0.29) is 29.3 Å². The number of aromatic nitrogens is 1. The second kappa shape index (κ2) is 11.0. The SMILES string of the molecule is Cc1cccc(C2CN(C(=O)[C@@H]3CC[C@@H]4C[C@@H]5C[C@@H]5C[C@H](NC(=O)c5cc6cc([C@@H](F)P(=O)(O)O)ccc6s5)C(=O)N43)C2)n1. The summed E-state index contributed by atoms with van der Waals surface area (Å²) < 4.78 is 26.3. The number of alkyl halides is 1. The van der Waals surface area contributed by atoms with Gasteiger partial charge in [0.1, 0.15) is 12.1 Å². The lowest BCUT2D eigenvalue weighted by Gasteiger charge is -2.43. The summed E-state index contributed by atoms with van der Waals surface area (Å²) in [4.78, 5) is 68.2. The number of aryl methyl sites for hydroxylation is 1. The number of hydrogen-bond donors (Lipinski definition) is 3. The first-order valence-corrected chi connectivity index (χ1v) is 17.5. The van der Waals surface area contributed by atoms with Crippen LogP contribution in [-0.2, 0) is 14.2 Å². The van der Waals surface area contributed by atoms with Crippen molar-refractivity contribution < 1.29 is 33.1 Å². The number of nitrogens with zero attached hydrogens (tertiary/aromatic N) is 3. The number of likely N-dealkylation sites (tertiary alicyclic amines) is 1. The summed E-state index contributed by atoms with van der Waals surface area (Å²) in [6, 6.07) is 10.3. The molecule has 0 unspecified atom stereocenters. The van der Waals surface area contributed by atoms with Crippen LogP contribution in [0.3, 0.4) is 0 Å². The van der Waals surface area contributed by atoms with E-state index < -0.39 is 31.5 Å². The highest BCUT2D eigenvalue weighted by Gasteiger charge is 2.52. The summed E-state index contributed by atoms with van der Waals surface area (Å²) in [5.74, 6) is -2.12. The van der Waals surface area contributed by atoms with Crippen molar-refractivity contribution in [3.05, 3.63) is 64.3 Å². The predicted molar refractivity (Wildman–Crippen MR) is 162 cm³/mol. The number of carbonyl (C=O) groups excluding carboxylic acids is 3. The van der Waals surface area contributed by atoms with E-state index in [9.17, 15) is 33.1 Å². The second-order valence-electron chi connectivity index (χ2n) is 12.7. The van der Waals surface area contributed by atoms with Crippen molar-refractivity contribution >= 4 is 46.7 Å². The van der Waals surface area contributed by atoms with Gasteiger partial charge in [-0.05, 0) is 92.1 Å². The third kappa shape index (κ3) is 5.46. The van der Waals surface area contributed by atoms with Gasteiger partial charge in [-0.1, -0.05) is 12.1 Å². The van der Waals surface area contributed by atoms with Crippen molar-refractivity contribution in [2.75, 3.05) is 13.1 Å². The predicted octanol–water partition coefficient (Wildman–Crippen LogP) is 4.26. The molecule has 1 aliphatic carbocycles. The van der Waals surface area contributed by atoms with Gasteiger partial charge < -0.3 is 24.9 Å². The topological polar surface area (TPSA) is 140 Å². The van der Waals surface area contributed by atoms with Crippen LogP contribution in [0.25, 0.3) is 10.1 Å². The molecule has 3 saturated heterocycles. The average Bonchev–Trinajstić information content (AvgIpc) is 3.33. The van der Waals surface area contributed by atoms with Gasteiger partial charge in [0.2, 0.25) is 17.7 Å². The van der Waals surface area contributed by atoms with E-state index in [1.807, 2.05) is 30.0 Å². The van der Waals surface area contributed by atoms with Gasteiger partial charge >= 0.3 is 7.60 Å². The summed E-state index contributed by atoms with van der Waals surface area (Å²) in [6.07, 6.45) is 3.80. The molecule has 0 spiro atoms. The molecule has 1 aromatic carbocycles. The number of rotatable bonds is 6. The van der Waals surface area contributed by atoms with Gasteiger partial charge in [0.25, 0.3) is 5.91 Å². The Morgan fingerprint density at radius 1 is 1.09 bits per heavy atom. The highest BCUT2D eigenvalue weighted by Crippen LogP contribution is 2.53. The van der Waals surface area contributed by atoms with E-state index in [1.165, 1.54) is 18.2 Å². The van der Waals surface area contributed by atoms with Crippen molar-refractivity contribution in [1.82, 2.24) is 20.1 Å². The fourth-order valence-electron chi connectivity index (χ4n) is 7.22. The van der Waals surface area contributed by atoms with E-state index >= 15 is 0 Å². The Hall–Kier alpha value is -3.18. The number of halogens is 1.